The Balaban J connectivity index is 2.29. The van der Waals surface area contributed by atoms with E-state index in [1.165, 1.54) is 12.8 Å². The fraction of sp³-hybridized carbons (Fsp3) is 0.333. The Morgan fingerprint density at radius 2 is 2.23 bits per heavy atom. The third-order valence-electron chi connectivity index (χ3n) is 2.30. The first kappa shape index (κ1) is 7.33. The van der Waals surface area contributed by atoms with E-state index in [1.807, 2.05) is 16.9 Å². The van der Waals surface area contributed by atoms with Gasteiger partial charge in [0.05, 0.1) is 12.2 Å². The molecule has 3 rings (SSSR count). The van der Waals surface area contributed by atoms with Gasteiger partial charge in [0.2, 0.25) is 0 Å². The molecule has 3 nitrogen and oxygen atoms in total. The quantitative estimate of drug-likeness (QED) is 0.652. The van der Waals surface area contributed by atoms with E-state index < -0.39 is 0 Å². The van der Waals surface area contributed by atoms with Crippen LogP contribution in [0.25, 0.3) is 11.0 Å². The molecule has 4 heteroatoms. The van der Waals surface area contributed by atoms with Crippen LogP contribution in [0.15, 0.2) is 18.3 Å². The Kier molecular flexibility index (Phi) is 1.38. The first-order valence-corrected chi connectivity index (χ1v) is 4.72. The zero-order valence-corrected chi connectivity index (χ0v) is 7.70. The normalized spacial score (nSPS) is 16.7. The Morgan fingerprint density at radius 1 is 1.38 bits per heavy atom. The molecule has 0 unspecified atom stereocenters. The monoisotopic (exact) mass is 193 g/mol. The highest BCUT2D eigenvalue weighted by Crippen LogP contribution is 2.36. The third-order valence-corrected chi connectivity index (χ3v) is 2.51. The molecule has 0 aromatic carbocycles. The molecule has 2 aromatic rings. The minimum Gasteiger partial charge on any atom is -0.244 e. The van der Waals surface area contributed by atoms with Crippen molar-refractivity contribution in [1.82, 2.24) is 14.8 Å². The van der Waals surface area contributed by atoms with Gasteiger partial charge in [-0.3, -0.25) is 0 Å². The van der Waals surface area contributed by atoms with Gasteiger partial charge in [-0.2, -0.15) is 5.10 Å². The highest BCUT2D eigenvalue weighted by Gasteiger charge is 2.26. The number of pyridine rings is 1. The number of hydrogen-bond acceptors (Lipinski definition) is 2. The van der Waals surface area contributed by atoms with Crippen molar-refractivity contribution >= 4 is 22.6 Å². The zero-order chi connectivity index (χ0) is 8.84. The van der Waals surface area contributed by atoms with Gasteiger partial charge in [-0.15, -0.1) is 0 Å². The van der Waals surface area contributed by atoms with Crippen molar-refractivity contribution in [3.05, 3.63) is 23.5 Å². The summed E-state index contributed by atoms with van der Waals surface area (Å²) in [6, 6.07) is 4.31. The van der Waals surface area contributed by atoms with E-state index in [2.05, 4.69) is 10.1 Å². The summed E-state index contributed by atoms with van der Waals surface area (Å²) in [5.41, 5.74) is 0.912. The largest absolute Gasteiger partial charge is 0.244 e. The first-order chi connectivity index (χ1) is 6.34. The van der Waals surface area contributed by atoms with Crippen LogP contribution in [0, 0.1) is 0 Å². The van der Waals surface area contributed by atoms with Crippen LogP contribution >= 0.6 is 11.6 Å². The van der Waals surface area contributed by atoms with Crippen molar-refractivity contribution < 1.29 is 0 Å². The van der Waals surface area contributed by atoms with Crippen LogP contribution in [0.2, 0.25) is 5.15 Å². The Bertz CT molecular complexity index is 459. The topological polar surface area (TPSA) is 30.7 Å². The zero-order valence-electron chi connectivity index (χ0n) is 6.94. The van der Waals surface area contributed by atoms with Crippen molar-refractivity contribution in [1.29, 1.82) is 0 Å². The van der Waals surface area contributed by atoms with Crippen molar-refractivity contribution in [3.63, 3.8) is 0 Å². The Morgan fingerprint density at radius 3 is 3.00 bits per heavy atom. The van der Waals surface area contributed by atoms with Gasteiger partial charge in [0, 0.05) is 5.39 Å². The fourth-order valence-electron chi connectivity index (χ4n) is 1.49. The van der Waals surface area contributed by atoms with Gasteiger partial charge >= 0.3 is 0 Å². The molecule has 13 heavy (non-hydrogen) atoms. The van der Waals surface area contributed by atoms with E-state index in [9.17, 15) is 0 Å². The molecule has 0 radical (unpaired) electrons. The standard InChI is InChI=1S/C9H8ClN3/c10-8-4-1-6-5-11-13(7-2-3-7)9(6)12-8/h1,4-5,7H,2-3H2. The third kappa shape index (κ3) is 1.11. The number of aromatic nitrogens is 3. The molecule has 1 saturated carbocycles. The minimum atomic E-state index is 0.537. The molecule has 0 aliphatic heterocycles. The summed E-state index contributed by atoms with van der Waals surface area (Å²) in [6.45, 7) is 0. The second-order valence-electron chi connectivity index (χ2n) is 3.37. The van der Waals surface area contributed by atoms with Gasteiger partial charge in [0.25, 0.3) is 0 Å². The maximum Gasteiger partial charge on any atom is 0.159 e. The van der Waals surface area contributed by atoms with Crippen LogP contribution in [-0.4, -0.2) is 14.8 Å². The summed E-state index contributed by atoms with van der Waals surface area (Å²) < 4.78 is 1.97. The first-order valence-electron chi connectivity index (χ1n) is 4.34. The lowest BCUT2D eigenvalue weighted by molar-refractivity contribution is 0.658. The second-order valence-corrected chi connectivity index (χ2v) is 3.75. The molecule has 0 N–H and O–H groups in total. The SMILES string of the molecule is Clc1ccc2cnn(C3CC3)c2n1. The second kappa shape index (κ2) is 2.45. The fourth-order valence-corrected chi connectivity index (χ4v) is 1.63. The summed E-state index contributed by atoms with van der Waals surface area (Å²) in [5, 5.41) is 5.90. The summed E-state index contributed by atoms with van der Waals surface area (Å²) >= 11 is 5.82. The molecule has 0 spiro atoms. The molecule has 1 aliphatic carbocycles. The minimum absolute atomic E-state index is 0.537. The van der Waals surface area contributed by atoms with Gasteiger partial charge in [0.15, 0.2) is 5.65 Å². The Labute approximate surface area is 80.3 Å². The Hall–Kier alpha value is -1.09. The van der Waals surface area contributed by atoms with Crippen molar-refractivity contribution in [2.75, 3.05) is 0 Å². The van der Waals surface area contributed by atoms with Crippen LogP contribution in [-0.2, 0) is 0 Å². The molecule has 2 aromatic heterocycles. The van der Waals surface area contributed by atoms with Gasteiger partial charge < -0.3 is 0 Å². The van der Waals surface area contributed by atoms with E-state index in [0.29, 0.717) is 11.2 Å². The summed E-state index contributed by atoms with van der Waals surface area (Å²) in [7, 11) is 0. The number of rotatable bonds is 1. The predicted octanol–water partition coefficient (Wildman–Crippen LogP) is 2.42. The average molecular weight is 194 g/mol. The number of halogens is 1. The van der Waals surface area contributed by atoms with Gasteiger partial charge in [0.1, 0.15) is 5.15 Å². The van der Waals surface area contributed by atoms with Crippen molar-refractivity contribution in [3.8, 4) is 0 Å². The number of fused-ring (bicyclic) bond motifs is 1. The molecule has 1 aliphatic rings. The lowest BCUT2D eigenvalue weighted by Crippen LogP contribution is -1.96. The van der Waals surface area contributed by atoms with Gasteiger partial charge in [-0.05, 0) is 25.0 Å². The number of nitrogens with zero attached hydrogens (tertiary/aromatic N) is 3. The summed E-state index contributed by atoms with van der Waals surface area (Å²) in [5.74, 6) is 0. The van der Waals surface area contributed by atoms with Crippen LogP contribution in [0.4, 0.5) is 0 Å². The van der Waals surface area contributed by atoms with Crippen molar-refractivity contribution in [2.24, 2.45) is 0 Å². The van der Waals surface area contributed by atoms with Crippen LogP contribution < -0.4 is 0 Å². The average Bonchev–Trinajstić information content (AvgIpc) is 2.87. The maximum atomic E-state index is 5.82. The molecule has 1 fully saturated rings. The van der Waals surface area contributed by atoms with E-state index in [1.54, 1.807) is 6.07 Å². The highest BCUT2D eigenvalue weighted by molar-refractivity contribution is 6.29. The lowest BCUT2D eigenvalue weighted by Gasteiger charge is -1.98. The molecule has 0 atom stereocenters. The molecule has 0 bridgehead atoms. The molecule has 0 saturated heterocycles. The maximum absolute atomic E-state index is 5.82. The van der Waals surface area contributed by atoms with Crippen LogP contribution in [0.3, 0.4) is 0 Å². The lowest BCUT2D eigenvalue weighted by atomic mass is 10.4. The van der Waals surface area contributed by atoms with E-state index in [0.717, 1.165) is 11.0 Å². The molecular weight excluding hydrogens is 186 g/mol. The van der Waals surface area contributed by atoms with Gasteiger partial charge in [-0.1, -0.05) is 11.6 Å². The highest BCUT2D eigenvalue weighted by atomic mass is 35.5. The number of hydrogen-bond donors (Lipinski definition) is 0. The predicted molar refractivity (Wildman–Crippen MR) is 50.8 cm³/mol. The van der Waals surface area contributed by atoms with E-state index in [4.69, 9.17) is 11.6 Å². The molecule has 66 valence electrons. The van der Waals surface area contributed by atoms with Crippen LogP contribution in [0.1, 0.15) is 18.9 Å². The van der Waals surface area contributed by atoms with E-state index >= 15 is 0 Å². The summed E-state index contributed by atoms with van der Waals surface area (Å²) in [4.78, 5) is 4.26. The molecular formula is C9H8ClN3. The van der Waals surface area contributed by atoms with Gasteiger partial charge in [-0.25, -0.2) is 9.67 Å². The van der Waals surface area contributed by atoms with Crippen LogP contribution in [0.5, 0.6) is 0 Å². The molecule has 0 amide bonds. The van der Waals surface area contributed by atoms with Crippen molar-refractivity contribution in [2.45, 2.75) is 18.9 Å². The molecule has 2 heterocycles. The summed E-state index contributed by atoms with van der Waals surface area (Å²) in [6.07, 6.45) is 4.27. The van der Waals surface area contributed by atoms with E-state index in [-0.39, 0.29) is 0 Å². The smallest absolute Gasteiger partial charge is 0.159 e.